The molecule has 3 heteroatoms. The van der Waals surface area contributed by atoms with E-state index in [0.29, 0.717) is 17.0 Å². The second-order valence-electron chi connectivity index (χ2n) is 3.50. The Morgan fingerprint density at radius 2 is 2.31 bits per heavy atom. The summed E-state index contributed by atoms with van der Waals surface area (Å²) in [7, 11) is 1.96. The number of ether oxygens (including phenoxy) is 1. The minimum atomic E-state index is 0.346. The van der Waals surface area contributed by atoms with Crippen molar-refractivity contribution in [1.29, 1.82) is 0 Å². The number of halogens is 1. The van der Waals surface area contributed by atoms with E-state index in [9.17, 15) is 0 Å². The van der Waals surface area contributed by atoms with E-state index in [0.717, 1.165) is 5.76 Å². The van der Waals surface area contributed by atoms with Gasteiger partial charge in [0.15, 0.2) is 0 Å². The number of allylic oxidation sites excluding steroid dienone is 1. The summed E-state index contributed by atoms with van der Waals surface area (Å²) in [5.74, 6) is 1.01. The molecule has 0 saturated heterocycles. The molecule has 0 spiro atoms. The first-order chi connectivity index (χ1) is 6.29. The second kappa shape index (κ2) is 3.84. The Labute approximate surface area is 87.2 Å². The van der Waals surface area contributed by atoms with Crippen LogP contribution in [0.1, 0.15) is 12.8 Å². The van der Waals surface area contributed by atoms with Crippen molar-refractivity contribution in [1.82, 2.24) is 5.32 Å². The Morgan fingerprint density at radius 1 is 1.54 bits per heavy atom. The van der Waals surface area contributed by atoms with Gasteiger partial charge in [0.25, 0.3) is 0 Å². The lowest BCUT2D eigenvalue weighted by molar-refractivity contribution is 0.206. The fourth-order valence-corrected chi connectivity index (χ4v) is 1.90. The molecule has 1 N–H and O–H groups in total. The molecular weight excluding hydrogens is 230 g/mol. The summed E-state index contributed by atoms with van der Waals surface area (Å²) in [6.45, 7) is 0. The predicted octanol–water partition coefficient (Wildman–Crippen LogP) is 1.97. The molecule has 72 valence electrons. The summed E-state index contributed by atoms with van der Waals surface area (Å²) in [5, 5.41) is 3.22. The van der Waals surface area contributed by atoms with Crippen LogP contribution in [0, 0.1) is 0 Å². The molecule has 0 aromatic rings. The van der Waals surface area contributed by atoms with E-state index in [2.05, 4.69) is 33.4 Å². The van der Waals surface area contributed by atoms with Crippen molar-refractivity contribution in [2.75, 3.05) is 7.05 Å². The van der Waals surface area contributed by atoms with Crippen LogP contribution in [-0.4, -0.2) is 24.0 Å². The number of alkyl halides is 1. The minimum absolute atomic E-state index is 0.346. The first-order valence-corrected chi connectivity index (χ1v) is 5.59. The highest BCUT2D eigenvalue weighted by atomic mass is 79.9. The number of hydrogen-bond donors (Lipinski definition) is 1. The Bertz CT molecular complexity index is 245. The zero-order chi connectivity index (χ0) is 9.26. The third-order valence-corrected chi connectivity index (χ3v) is 3.17. The highest BCUT2D eigenvalue weighted by molar-refractivity contribution is 9.09. The summed E-state index contributed by atoms with van der Waals surface area (Å²) in [4.78, 5) is 0.379. The standard InChI is InChI=1S/C10H14BrNO/c1-12-10-6-8(4-5-9(10)11)13-7-2-3-7/h4-7,9-10,12H,2-3H2,1H3. The van der Waals surface area contributed by atoms with Crippen molar-refractivity contribution < 1.29 is 4.74 Å². The molecule has 0 aromatic heterocycles. The maximum Gasteiger partial charge on any atom is 0.117 e. The van der Waals surface area contributed by atoms with Crippen molar-refractivity contribution >= 4 is 15.9 Å². The third-order valence-electron chi connectivity index (χ3n) is 2.29. The van der Waals surface area contributed by atoms with Crippen LogP contribution in [0.2, 0.25) is 0 Å². The van der Waals surface area contributed by atoms with Gasteiger partial charge < -0.3 is 10.1 Å². The molecule has 0 amide bonds. The Kier molecular flexibility index (Phi) is 2.74. The second-order valence-corrected chi connectivity index (χ2v) is 4.56. The molecule has 1 saturated carbocycles. The summed E-state index contributed by atoms with van der Waals surface area (Å²) in [5.41, 5.74) is 0. The third kappa shape index (κ3) is 2.35. The van der Waals surface area contributed by atoms with Crippen LogP contribution >= 0.6 is 15.9 Å². The molecule has 2 aliphatic rings. The SMILES string of the molecule is CNC1C=C(OC2CC2)C=CC1Br. The van der Waals surface area contributed by atoms with Crippen LogP contribution in [-0.2, 0) is 4.74 Å². The fourth-order valence-electron chi connectivity index (χ4n) is 1.33. The van der Waals surface area contributed by atoms with Gasteiger partial charge in [-0.15, -0.1) is 0 Å². The van der Waals surface area contributed by atoms with Crippen LogP contribution in [0.5, 0.6) is 0 Å². The highest BCUT2D eigenvalue weighted by Gasteiger charge is 2.25. The number of hydrogen-bond acceptors (Lipinski definition) is 2. The lowest BCUT2D eigenvalue weighted by Crippen LogP contribution is -2.33. The zero-order valence-electron chi connectivity index (χ0n) is 7.66. The van der Waals surface area contributed by atoms with Crippen LogP contribution in [0.4, 0.5) is 0 Å². The smallest absolute Gasteiger partial charge is 0.117 e. The molecule has 0 heterocycles. The van der Waals surface area contributed by atoms with Crippen molar-refractivity contribution in [3.05, 3.63) is 24.0 Å². The zero-order valence-corrected chi connectivity index (χ0v) is 9.25. The molecule has 0 aromatic carbocycles. The summed E-state index contributed by atoms with van der Waals surface area (Å²) in [6.07, 6.45) is 9.22. The van der Waals surface area contributed by atoms with Crippen molar-refractivity contribution in [3.8, 4) is 0 Å². The molecule has 0 aliphatic heterocycles. The fraction of sp³-hybridized carbons (Fsp3) is 0.600. The average Bonchev–Trinajstić information content (AvgIpc) is 2.92. The van der Waals surface area contributed by atoms with Crippen molar-refractivity contribution in [3.63, 3.8) is 0 Å². The van der Waals surface area contributed by atoms with Gasteiger partial charge in [0.1, 0.15) is 5.76 Å². The van der Waals surface area contributed by atoms with Crippen molar-refractivity contribution in [2.24, 2.45) is 0 Å². The first-order valence-electron chi connectivity index (χ1n) is 4.67. The van der Waals surface area contributed by atoms with Gasteiger partial charge in [-0.25, -0.2) is 0 Å². The topological polar surface area (TPSA) is 21.3 Å². The van der Waals surface area contributed by atoms with E-state index >= 15 is 0 Å². The average molecular weight is 244 g/mol. The molecule has 13 heavy (non-hydrogen) atoms. The van der Waals surface area contributed by atoms with Gasteiger partial charge in [-0.05, 0) is 32.0 Å². The minimum Gasteiger partial charge on any atom is -0.491 e. The Hall–Kier alpha value is -0.280. The predicted molar refractivity (Wildman–Crippen MR) is 56.9 cm³/mol. The van der Waals surface area contributed by atoms with Gasteiger partial charge in [-0.3, -0.25) is 0 Å². The molecule has 0 bridgehead atoms. The molecule has 2 aliphatic carbocycles. The number of rotatable bonds is 3. The molecule has 2 unspecified atom stereocenters. The van der Waals surface area contributed by atoms with E-state index < -0.39 is 0 Å². The number of nitrogens with one attached hydrogen (secondary N) is 1. The molecule has 2 atom stereocenters. The first kappa shape index (κ1) is 9.28. The van der Waals surface area contributed by atoms with Crippen LogP contribution in [0.25, 0.3) is 0 Å². The van der Waals surface area contributed by atoms with Crippen molar-refractivity contribution in [2.45, 2.75) is 29.8 Å². The van der Waals surface area contributed by atoms with E-state index in [1.807, 2.05) is 13.1 Å². The molecule has 1 fully saturated rings. The van der Waals surface area contributed by atoms with Crippen LogP contribution < -0.4 is 5.32 Å². The van der Waals surface area contributed by atoms with Gasteiger partial charge in [-0.1, -0.05) is 22.0 Å². The van der Waals surface area contributed by atoms with E-state index in [-0.39, 0.29) is 0 Å². The van der Waals surface area contributed by atoms with E-state index in [1.54, 1.807) is 0 Å². The van der Waals surface area contributed by atoms with Gasteiger partial charge in [0, 0.05) is 6.04 Å². The Balaban J connectivity index is 1.98. The van der Waals surface area contributed by atoms with E-state index in [4.69, 9.17) is 4.74 Å². The maximum absolute atomic E-state index is 5.70. The van der Waals surface area contributed by atoms with Crippen LogP contribution in [0.3, 0.4) is 0 Å². The summed E-state index contributed by atoms with van der Waals surface area (Å²) < 4.78 is 5.70. The monoisotopic (exact) mass is 243 g/mol. The largest absolute Gasteiger partial charge is 0.491 e. The molecule has 2 nitrogen and oxygen atoms in total. The van der Waals surface area contributed by atoms with Gasteiger partial charge in [-0.2, -0.15) is 0 Å². The summed E-state index contributed by atoms with van der Waals surface area (Å²) in [6, 6.07) is 0.346. The lowest BCUT2D eigenvalue weighted by atomic mass is 10.1. The maximum atomic E-state index is 5.70. The number of likely N-dealkylation sites (N-methyl/N-ethyl adjacent to an activating group) is 1. The van der Waals surface area contributed by atoms with Gasteiger partial charge >= 0.3 is 0 Å². The lowest BCUT2D eigenvalue weighted by Gasteiger charge is -2.21. The summed E-state index contributed by atoms with van der Waals surface area (Å²) >= 11 is 3.57. The Morgan fingerprint density at radius 3 is 2.92 bits per heavy atom. The van der Waals surface area contributed by atoms with Crippen LogP contribution in [0.15, 0.2) is 24.0 Å². The molecule has 0 radical (unpaired) electrons. The molecule has 2 rings (SSSR count). The molecular formula is C10H14BrNO. The van der Waals surface area contributed by atoms with E-state index in [1.165, 1.54) is 12.8 Å². The highest BCUT2D eigenvalue weighted by Crippen LogP contribution is 2.28. The normalized spacial score (nSPS) is 32.9. The quantitative estimate of drug-likeness (QED) is 0.766. The van der Waals surface area contributed by atoms with Gasteiger partial charge in [0.05, 0.1) is 10.9 Å². The van der Waals surface area contributed by atoms with Gasteiger partial charge in [0.2, 0.25) is 0 Å².